The van der Waals surface area contributed by atoms with Crippen LogP contribution in [0.3, 0.4) is 0 Å². The molecule has 4 nitrogen and oxygen atoms in total. The van der Waals surface area contributed by atoms with Crippen molar-refractivity contribution in [2.75, 3.05) is 18.5 Å². The Morgan fingerprint density at radius 2 is 2.38 bits per heavy atom. The summed E-state index contributed by atoms with van der Waals surface area (Å²) in [7, 11) is 1.84. The summed E-state index contributed by atoms with van der Waals surface area (Å²) in [5.74, 6) is 0.683. The Balaban J connectivity index is 2.66. The standard InChI is InChI=1S/C8H9ClN4/c1-13(4-2-3-10)8-6-11-5-7(9)12-8/h5-6H,2,4H2,1H3. The molecule has 0 aromatic carbocycles. The van der Waals surface area contributed by atoms with E-state index < -0.39 is 0 Å². The van der Waals surface area contributed by atoms with Crippen molar-refractivity contribution in [3.63, 3.8) is 0 Å². The summed E-state index contributed by atoms with van der Waals surface area (Å²) >= 11 is 5.66. The number of hydrogen-bond acceptors (Lipinski definition) is 4. The van der Waals surface area contributed by atoms with Gasteiger partial charge in [0.15, 0.2) is 0 Å². The maximum atomic E-state index is 8.38. The quantitative estimate of drug-likeness (QED) is 0.735. The Kier molecular flexibility index (Phi) is 3.47. The molecule has 0 spiro atoms. The molecule has 0 fully saturated rings. The molecule has 1 rings (SSSR count). The topological polar surface area (TPSA) is 52.8 Å². The lowest BCUT2D eigenvalue weighted by atomic mass is 10.4. The van der Waals surface area contributed by atoms with Crippen LogP contribution in [0.25, 0.3) is 0 Å². The predicted molar refractivity (Wildman–Crippen MR) is 50.5 cm³/mol. The van der Waals surface area contributed by atoms with Gasteiger partial charge in [-0.25, -0.2) is 4.98 Å². The van der Waals surface area contributed by atoms with Crippen molar-refractivity contribution in [1.82, 2.24) is 9.97 Å². The zero-order valence-corrected chi connectivity index (χ0v) is 7.99. The van der Waals surface area contributed by atoms with E-state index in [1.807, 2.05) is 11.9 Å². The van der Waals surface area contributed by atoms with Gasteiger partial charge in [-0.2, -0.15) is 5.26 Å². The third-order valence-corrected chi connectivity index (χ3v) is 1.72. The highest BCUT2D eigenvalue weighted by Crippen LogP contribution is 2.10. The van der Waals surface area contributed by atoms with E-state index in [1.54, 1.807) is 6.20 Å². The molecule has 0 aliphatic heterocycles. The lowest BCUT2D eigenvalue weighted by Gasteiger charge is -2.15. The maximum absolute atomic E-state index is 8.38. The van der Waals surface area contributed by atoms with Gasteiger partial charge in [-0.15, -0.1) is 0 Å². The van der Waals surface area contributed by atoms with Crippen LogP contribution in [0.1, 0.15) is 6.42 Å². The van der Waals surface area contributed by atoms with E-state index in [9.17, 15) is 0 Å². The molecule has 68 valence electrons. The molecular formula is C8H9ClN4. The lowest BCUT2D eigenvalue weighted by Crippen LogP contribution is -2.19. The van der Waals surface area contributed by atoms with Crippen LogP contribution in [-0.4, -0.2) is 23.6 Å². The summed E-state index contributed by atoms with van der Waals surface area (Å²) in [4.78, 5) is 9.78. The van der Waals surface area contributed by atoms with Gasteiger partial charge in [0.05, 0.1) is 24.9 Å². The Morgan fingerprint density at radius 1 is 1.62 bits per heavy atom. The summed E-state index contributed by atoms with van der Waals surface area (Å²) in [5, 5.41) is 8.74. The van der Waals surface area contributed by atoms with Crippen molar-refractivity contribution in [3.8, 4) is 6.07 Å². The molecule has 0 bridgehead atoms. The molecule has 1 aromatic heterocycles. The molecule has 0 saturated heterocycles. The first kappa shape index (κ1) is 9.75. The number of rotatable bonds is 3. The van der Waals surface area contributed by atoms with Crippen molar-refractivity contribution in [2.24, 2.45) is 0 Å². The fraction of sp³-hybridized carbons (Fsp3) is 0.375. The van der Waals surface area contributed by atoms with Crippen molar-refractivity contribution < 1.29 is 0 Å². The van der Waals surface area contributed by atoms with Gasteiger partial charge >= 0.3 is 0 Å². The lowest BCUT2D eigenvalue weighted by molar-refractivity contribution is 0.878. The van der Waals surface area contributed by atoms with E-state index in [2.05, 4.69) is 16.0 Å². The summed E-state index contributed by atoms with van der Waals surface area (Å²) < 4.78 is 0. The van der Waals surface area contributed by atoms with E-state index in [0.717, 1.165) is 0 Å². The van der Waals surface area contributed by atoms with E-state index >= 15 is 0 Å². The Labute approximate surface area is 81.8 Å². The second-order valence-electron chi connectivity index (χ2n) is 2.53. The van der Waals surface area contributed by atoms with Crippen molar-refractivity contribution in [2.45, 2.75) is 6.42 Å². The van der Waals surface area contributed by atoms with Gasteiger partial charge in [-0.1, -0.05) is 11.6 Å². The average molecular weight is 197 g/mol. The Bertz CT molecular complexity index is 320. The van der Waals surface area contributed by atoms with E-state index in [-0.39, 0.29) is 0 Å². The van der Waals surface area contributed by atoms with Gasteiger partial charge in [0, 0.05) is 13.6 Å². The van der Waals surface area contributed by atoms with Crippen LogP contribution < -0.4 is 4.90 Å². The van der Waals surface area contributed by atoms with Crippen LogP contribution in [0.5, 0.6) is 0 Å². The molecule has 1 heterocycles. The molecule has 0 saturated carbocycles. The highest BCUT2D eigenvalue weighted by molar-refractivity contribution is 6.29. The van der Waals surface area contributed by atoms with Gasteiger partial charge in [0.1, 0.15) is 11.0 Å². The molecule has 0 atom stereocenters. The van der Waals surface area contributed by atoms with Gasteiger partial charge in [-0.05, 0) is 0 Å². The SMILES string of the molecule is CN(CCC#N)c1cncc(Cl)n1. The minimum atomic E-state index is 0.362. The Hall–Kier alpha value is -1.34. The minimum Gasteiger partial charge on any atom is -0.357 e. The summed E-state index contributed by atoms with van der Waals surface area (Å²) in [5.41, 5.74) is 0. The summed E-state index contributed by atoms with van der Waals surface area (Å²) in [6, 6.07) is 2.06. The highest BCUT2D eigenvalue weighted by Gasteiger charge is 2.02. The molecule has 0 N–H and O–H groups in total. The minimum absolute atomic E-state index is 0.362. The van der Waals surface area contributed by atoms with Gasteiger partial charge in [0.2, 0.25) is 0 Å². The van der Waals surface area contributed by atoms with Crippen molar-refractivity contribution in [1.29, 1.82) is 5.26 Å². The first-order valence-corrected chi connectivity index (χ1v) is 4.17. The number of hydrogen-bond donors (Lipinski definition) is 0. The molecule has 0 radical (unpaired) electrons. The first-order chi connectivity index (χ1) is 6.24. The molecule has 0 aliphatic rings. The normalized spacial score (nSPS) is 9.31. The molecule has 0 amide bonds. The third kappa shape index (κ3) is 2.88. The van der Waals surface area contributed by atoms with Crippen LogP contribution in [0.2, 0.25) is 5.15 Å². The number of aromatic nitrogens is 2. The number of halogens is 1. The first-order valence-electron chi connectivity index (χ1n) is 3.79. The third-order valence-electron chi connectivity index (χ3n) is 1.54. The second kappa shape index (κ2) is 4.63. The number of anilines is 1. The Morgan fingerprint density at radius 3 is 3.00 bits per heavy atom. The second-order valence-corrected chi connectivity index (χ2v) is 2.92. The van der Waals surface area contributed by atoms with Gasteiger partial charge in [0.25, 0.3) is 0 Å². The van der Waals surface area contributed by atoms with Crippen LogP contribution in [0.15, 0.2) is 12.4 Å². The van der Waals surface area contributed by atoms with E-state index in [1.165, 1.54) is 6.20 Å². The van der Waals surface area contributed by atoms with Crippen molar-refractivity contribution in [3.05, 3.63) is 17.5 Å². The highest BCUT2D eigenvalue weighted by atomic mass is 35.5. The molecule has 13 heavy (non-hydrogen) atoms. The zero-order valence-electron chi connectivity index (χ0n) is 7.24. The number of nitriles is 1. The maximum Gasteiger partial charge on any atom is 0.149 e. The van der Waals surface area contributed by atoms with Crippen LogP contribution in [0, 0.1) is 11.3 Å². The van der Waals surface area contributed by atoms with Crippen molar-refractivity contribution >= 4 is 17.4 Å². The van der Waals surface area contributed by atoms with Crippen LogP contribution in [-0.2, 0) is 0 Å². The van der Waals surface area contributed by atoms with E-state index in [0.29, 0.717) is 23.9 Å². The average Bonchev–Trinajstić information content (AvgIpc) is 2.14. The zero-order chi connectivity index (χ0) is 9.68. The molecule has 0 aliphatic carbocycles. The molecular weight excluding hydrogens is 188 g/mol. The largest absolute Gasteiger partial charge is 0.357 e. The fourth-order valence-corrected chi connectivity index (χ4v) is 0.992. The molecule has 1 aromatic rings. The van der Waals surface area contributed by atoms with Gasteiger partial charge in [-0.3, -0.25) is 4.98 Å². The van der Waals surface area contributed by atoms with Crippen LogP contribution in [0.4, 0.5) is 5.82 Å². The summed E-state index contributed by atoms with van der Waals surface area (Å²) in [6.07, 6.45) is 3.55. The smallest absolute Gasteiger partial charge is 0.149 e. The van der Waals surface area contributed by atoms with Gasteiger partial charge < -0.3 is 4.90 Å². The predicted octanol–water partition coefficient (Wildman–Crippen LogP) is 1.48. The fourth-order valence-electron chi connectivity index (χ4n) is 0.849. The summed E-state index contributed by atoms with van der Waals surface area (Å²) in [6.45, 7) is 0.630. The monoisotopic (exact) mass is 196 g/mol. The number of nitrogens with zero attached hydrogens (tertiary/aromatic N) is 4. The molecule has 0 unspecified atom stereocenters. The molecule has 5 heteroatoms. The van der Waals surface area contributed by atoms with E-state index in [4.69, 9.17) is 16.9 Å². The van der Waals surface area contributed by atoms with Crippen LogP contribution >= 0.6 is 11.6 Å².